The molecule has 0 amide bonds. The first-order valence-corrected chi connectivity index (χ1v) is 6.86. The molecule has 21 heavy (non-hydrogen) atoms. The largest absolute Gasteiger partial charge is 0.480 e. The van der Waals surface area contributed by atoms with Crippen molar-refractivity contribution in [3.63, 3.8) is 0 Å². The molecule has 8 N–H and O–H groups in total. The van der Waals surface area contributed by atoms with Crippen LogP contribution in [0, 0.1) is 0 Å². The summed E-state index contributed by atoms with van der Waals surface area (Å²) in [5, 5.41) is 27.2. The zero-order chi connectivity index (χ0) is 16.8. The molecule has 0 spiro atoms. The van der Waals surface area contributed by atoms with Gasteiger partial charge in [-0.15, -0.1) is 0 Å². The summed E-state index contributed by atoms with van der Waals surface area (Å²) < 4.78 is 0. The van der Waals surface area contributed by atoms with Gasteiger partial charge in [0.25, 0.3) is 0 Å². The number of hydrogen-bond donors (Lipinski definition) is 7. The Labute approximate surface area is 128 Å². The first kappa shape index (κ1) is 21.9. The van der Waals surface area contributed by atoms with Gasteiger partial charge in [0, 0.05) is 5.75 Å². The van der Waals surface area contributed by atoms with Crippen LogP contribution < -0.4 is 16.8 Å². The lowest BCUT2D eigenvalue weighted by molar-refractivity contribution is -0.140. The van der Waals surface area contributed by atoms with Crippen LogP contribution in [0.4, 0.5) is 0 Å². The van der Waals surface area contributed by atoms with E-state index in [1.807, 2.05) is 0 Å². The van der Waals surface area contributed by atoms with E-state index < -0.39 is 30.0 Å². The van der Waals surface area contributed by atoms with Crippen molar-refractivity contribution in [2.75, 3.05) is 18.8 Å². The maximum Gasteiger partial charge on any atom is 0.321 e. The van der Waals surface area contributed by atoms with Crippen LogP contribution in [0.3, 0.4) is 0 Å². The Morgan fingerprint density at radius 3 is 2.00 bits per heavy atom. The van der Waals surface area contributed by atoms with Crippen molar-refractivity contribution in [1.82, 2.24) is 5.32 Å². The molecule has 0 aromatic rings. The van der Waals surface area contributed by atoms with Crippen LogP contribution in [0.25, 0.3) is 0 Å². The molecule has 9 nitrogen and oxygen atoms in total. The molecule has 0 aromatic carbocycles. The van der Waals surface area contributed by atoms with E-state index in [0.29, 0.717) is 13.0 Å². The monoisotopic (exact) mass is 325 g/mol. The summed E-state index contributed by atoms with van der Waals surface area (Å²) in [4.78, 5) is 30.3. The number of nitrogens with two attached hydrogens (primary N) is 2. The lowest BCUT2D eigenvalue weighted by Gasteiger charge is -2.08. The predicted octanol–water partition coefficient (Wildman–Crippen LogP) is -1.43. The van der Waals surface area contributed by atoms with Gasteiger partial charge in [0.2, 0.25) is 0 Å². The van der Waals surface area contributed by atoms with Crippen LogP contribution in [0.15, 0.2) is 0 Å². The number of unbranched alkanes of at least 4 members (excludes halogenated alkanes) is 1. The van der Waals surface area contributed by atoms with Gasteiger partial charge in [0.1, 0.15) is 12.1 Å². The molecule has 0 rings (SSSR count). The molecule has 2 atom stereocenters. The maximum absolute atomic E-state index is 10.2. The smallest absolute Gasteiger partial charge is 0.321 e. The van der Waals surface area contributed by atoms with Crippen molar-refractivity contribution in [3.05, 3.63) is 0 Å². The van der Waals surface area contributed by atoms with Gasteiger partial charge in [-0.2, -0.15) is 12.6 Å². The van der Waals surface area contributed by atoms with Gasteiger partial charge in [-0.3, -0.25) is 19.7 Å². The number of thiol groups is 1. The van der Waals surface area contributed by atoms with Crippen molar-refractivity contribution >= 4 is 30.5 Å². The molecule has 0 fully saturated rings. The minimum Gasteiger partial charge on any atom is -0.480 e. The highest BCUT2D eigenvalue weighted by Crippen LogP contribution is 1.96. The summed E-state index contributed by atoms with van der Waals surface area (Å²) in [5.74, 6) is -3.04. The SMILES string of the molecule is NCCCCC(N)C(=O)O.O=C(O)CN[C@H](CS)C(=O)O. The number of carboxylic acids is 3. The van der Waals surface area contributed by atoms with Crippen molar-refractivity contribution in [2.24, 2.45) is 11.5 Å². The third kappa shape index (κ3) is 14.9. The summed E-state index contributed by atoms with van der Waals surface area (Å²) in [7, 11) is 0. The van der Waals surface area contributed by atoms with E-state index in [2.05, 4.69) is 17.9 Å². The summed E-state index contributed by atoms with van der Waals surface area (Å²) in [6, 6.07) is -1.61. The van der Waals surface area contributed by atoms with E-state index >= 15 is 0 Å². The summed E-state index contributed by atoms with van der Waals surface area (Å²) in [5.41, 5.74) is 10.4. The average molecular weight is 325 g/mol. The molecule has 0 saturated heterocycles. The second-order valence-electron chi connectivity index (χ2n) is 4.08. The van der Waals surface area contributed by atoms with Crippen LogP contribution in [0.1, 0.15) is 19.3 Å². The van der Waals surface area contributed by atoms with Gasteiger partial charge < -0.3 is 26.8 Å². The van der Waals surface area contributed by atoms with E-state index in [0.717, 1.165) is 12.8 Å². The fourth-order valence-corrected chi connectivity index (χ4v) is 1.36. The quantitative estimate of drug-likeness (QED) is 0.187. The summed E-state index contributed by atoms with van der Waals surface area (Å²) >= 11 is 3.72. The second kappa shape index (κ2) is 13.6. The number of carboxylic acid groups (broad SMARTS) is 3. The summed E-state index contributed by atoms with van der Waals surface area (Å²) in [6.45, 7) is 0.240. The van der Waals surface area contributed by atoms with Gasteiger partial charge in [-0.05, 0) is 19.4 Å². The molecule has 0 aliphatic heterocycles. The minimum absolute atomic E-state index is 0.0720. The standard InChI is InChI=1S/C6H14N2O2.C5H9NO4S/c7-4-2-1-3-5(8)6(9)10;7-4(8)1-6-3(2-11)5(9)10/h5H,1-4,7-8H2,(H,9,10);3,6,11H,1-2H2,(H,7,8)(H,9,10)/t;3-/m.1/s1. The third-order valence-electron chi connectivity index (χ3n) is 2.27. The van der Waals surface area contributed by atoms with Gasteiger partial charge in [0.15, 0.2) is 0 Å². The van der Waals surface area contributed by atoms with Crippen molar-refractivity contribution in [2.45, 2.75) is 31.3 Å². The highest BCUT2D eigenvalue weighted by atomic mass is 32.1. The van der Waals surface area contributed by atoms with Crippen molar-refractivity contribution in [1.29, 1.82) is 0 Å². The normalized spacial score (nSPS) is 12.7. The van der Waals surface area contributed by atoms with E-state index in [1.165, 1.54) is 0 Å². The molecule has 0 heterocycles. The number of hydrogen-bond acceptors (Lipinski definition) is 7. The molecule has 0 radical (unpaired) electrons. The first-order valence-electron chi connectivity index (χ1n) is 6.23. The molecule has 124 valence electrons. The van der Waals surface area contributed by atoms with Crippen LogP contribution >= 0.6 is 12.6 Å². The Morgan fingerprint density at radius 1 is 1.10 bits per heavy atom. The van der Waals surface area contributed by atoms with Crippen LogP contribution in [-0.2, 0) is 14.4 Å². The molecular weight excluding hydrogens is 302 g/mol. The van der Waals surface area contributed by atoms with E-state index in [4.69, 9.17) is 26.8 Å². The number of aliphatic carboxylic acids is 3. The summed E-state index contributed by atoms with van der Waals surface area (Å²) in [6.07, 6.45) is 2.16. The minimum atomic E-state index is -1.10. The lowest BCUT2D eigenvalue weighted by atomic mass is 10.1. The van der Waals surface area contributed by atoms with Gasteiger partial charge >= 0.3 is 17.9 Å². The second-order valence-corrected chi connectivity index (χ2v) is 4.44. The Bertz CT molecular complexity index is 329. The van der Waals surface area contributed by atoms with Crippen LogP contribution in [-0.4, -0.2) is 64.2 Å². The number of nitrogens with one attached hydrogen (secondary N) is 1. The number of rotatable bonds is 10. The van der Waals surface area contributed by atoms with Crippen molar-refractivity contribution in [3.8, 4) is 0 Å². The highest BCUT2D eigenvalue weighted by molar-refractivity contribution is 7.80. The van der Waals surface area contributed by atoms with Gasteiger partial charge in [-0.25, -0.2) is 0 Å². The predicted molar refractivity (Wildman–Crippen MR) is 79.4 cm³/mol. The van der Waals surface area contributed by atoms with E-state index in [1.54, 1.807) is 0 Å². The van der Waals surface area contributed by atoms with Crippen LogP contribution in [0.5, 0.6) is 0 Å². The molecular formula is C11H23N3O6S. The van der Waals surface area contributed by atoms with Gasteiger partial charge in [0.05, 0.1) is 6.54 Å². The topological polar surface area (TPSA) is 176 Å². The Kier molecular flexibility index (Phi) is 14.2. The molecule has 0 aliphatic carbocycles. The molecule has 0 aliphatic rings. The molecule has 0 saturated carbocycles. The molecule has 10 heteroatoms. The highest BCUT2D eigenvalue weighted by Gasteiger charge is 2.14. The Morgan fingerprint density at radius 2 is 1.67 bits per heavy atom. The fourth-order valence-electron chi connectivity index (χ4n) is 1.07. The lowest BCUT2D eigenvalue weighted by Crippen LogP contribution is -2.40. The Balaban J connectivity index is 0. The zero-order valence-corrected chi connectivity index (χ0v) is 12.5. The molecule has 0 aromatic heterocycles. The van der Waals surface area contributed by atoms with E-state index in [9.17, 15) is 14.4 Å². The Hall–Kier alpha value is -1.36. The van der Waals surface area contributed by atoms with Gasteiger partial charge in [-0.1, -0.05) is 6.42 Å². The van der Waals surface area contributed by atoms with Crippen molar-refractivity contribution < 1.29 is 29.7 Å². The first-order chi connectivity index (χ1) is 9.76. The molecule has 1 unspecified atom stereocenters. The fraction of sp³-hybridized carbons (Fsp3) is 0.727. The average Bonchev–Trinajstić information content (AvgIpc) is 2.39. The van der Waals surface area contributed by atoms with E-state index in [-0.39, 0.29) is 12.3 Å². The zero-order valence-electron chi connectivity index (χ0n) is 11.6. The third-order valence-corrected chi connectivity index (χ3v) is 2.63. The maximum atomic E-state index is 10.2. The van der Waals surface area contributed by atoms with Crippen LogP contribution in [0.2, 0.25) is 0 Å². The number of carbonyl (C=O) groups is 3. The molecule has 0 bridgehead atoms.